The van der Waals surface area contributed by atoms with Crippen molar-refractivity contribution in [2.45, 2.75) is 26.4 Å². The molecule has 0 fully saturated rings. The first-order valence-corrected chi connectivity index (χ1v) is 5.65. The van der Waals surface area contributed by atoms with E-state index >= 15 is 0 Å². The zero-order valence-corrected chi connectivity index (χ0v) is 10.3. The molecule has 0 radical (unpaired) electrons. The molecule has 7 nitrogen and oxygen atoms in total. The van der Waals surface area contributed by atoms with Crippen LogP contribution in [0.25, 0.3) is 0 Å². The molecular formula is C11H17N3O4. The van der Waals surface area contributed by atoms with Crippen molar-refractivity contribution in [1.29, 1.82) is 0 Å². The Morgan fingerprint density at radius 2 is 2.06 bits per heavy atom. The molecule has 1 heterocycles. The van der Waals surface area contributed by atoms with Crippen LogP contribution < -0.4 is 16.6 Å². The lowest BCUT2D eigenvalue weighted by molar-refractivity contribution is -0.121. The van der Waals surface area contributed by atoms with E-state index < -0.39 is 17.4 Å². The van der Waals surface area contributed by atoms with Gasteiger partial charge in [-0.05, 0) is 5.92 Å². The molecule has 0 bridgehead atoms. The highest BCUT2D eigenvalue weighted by molar-refractivity contribution is 5.78. The zero-order valence-electron chi connectivity index (χ0n) is 10.3. The van der Waals surface area contributed by atoms with E-state index in [-0.39, 0.29) is 30.5 Å². The van der Waals surface area contributed by atoms with Crippen LogP contribution in [0.5, 0.6) is 0 Å². The Morgan fingerprint density at radius 3 is 2.61 bits per heavy atom. The second-order valence-electron chi connectivity index (χ2n) is 4.41. The molecule has 18 heavy (non-hydrogen) atoms. The molecule has 1 amide bonds. The molecule has 7 heteroatoms. The fourth-order valence-corrected chi connectivity index (χ4v) is 1.30. The largest absolute Gasteiger partial charge is 0.391 e. The van der Waals surface area contributed by atoms with Crippen molar-refractivity contribution in [2.75, 3.05) is 6.54 Å². The van der Waals surface area contributed by atoms with Gasteiger partial charge in [0.2, 0.25) is 5.91 Å². The number of nitrogens with one attached hydrogen (secondary N) is 3. The first-order valence-electron chi connectivity index (χ1n) is 5.65. The van der Waals surface area contributed by atoms with Gasteiger partial charge in [0, 0.05) is 18.3 Å². The molecule has 0 spiro atoms. The van der Waals surface area contributed by atoms with Crippen LogP contribution >= 0.6 is 0 Å². The predicted octanol–water partition coefficient (Wildman–Crippen LogP) is -1.26. The SMILES string of the molecule is CC(C)C(O)CNC(=O)Cc1cc(=O)[nH]c(=O)[nH]1. The first kappa shape index (κ1) is 14.2. The van der Waals surface area contributed by atoms with Gasteiger partial charge in [-0.15, -0.1) is 0 Å². The highest BCUT2D eigenvalue weighted by atomic mass is 16.3. The maximum absolute atomic E-state index is 11.5. The summed E-state index contributed by atoms with van der Waals surface area (Å²) in [6, 6.07) is 1.15. The lowest BCUT2D eigenvalue weighted by atomic mass is 10.1. The molecule has 1 aromatic rings. The molecule has 100 valence electrons. The molecule has 0 saturated heterocycles. The summed E-state index contributed by atoms with van der Waals surface area (Å²) in [7, 11) is 0. The topological polar surface area (TPSA) is 115 Å². The smallest absolute Gasteiger partial charge is 0.325 e. The summed E-state index contributed by atoms with van der Waals surface area (Å²) < 4.78 is 0. The number of hydrogen-bond donors (Lipinski definition) is 4. The monoisotopic (exact) mass is 255 g/mol. The second kappa shape index (κ2) is 6.15. The van der Waals surface area contributed by atoms with E-state index in [1.54, 1.807) is 0 Å². The van der Waals surface area contributed by atoms with Crippen LogP contribution in [0.1, 0.15) is 19.5 Å². The van der Waals surface area contributed by atoms with Crippen molar-refractivity contribution in [3.63, 3.8) is 0 Å². The number of amides is 1. The summed E-state index contributed by atoms with van der Waals surface area (Å²) in [4.78, 5) is 37.8. The van der Waals surface area contributed by atoms with Crippen LogP contribution in [0.4, 0.5) is 0 Å². The van der Waals surface area contributed by atoms with Crippen LogP contribution in [-0.2, 0) is 11.2 Å². The van der Waals surface area contributed by atoms with Gasteiger partial charge in [-0.3, -0.25) is 14.6 Å². The highest BCUT2D eigenvalue weighted by Crippen LogP contribution is 1.99. The second-order valence-corrected chi connectivity index (χ2v) is 4.41. The van der Waals surface area contributed by atoms with E-state index in [1.807, 2.05) is 18.8 Å². The van der Waals surface area contributed by atoms with Crippen molar-refractivity contribution in [3.05, 3.63) is 32.6 Å². The summed E-state index contributed by atoms with van der Waals surface area (Å²) in [5, 5.41) is 12.0. The molecule has 0 aliphatic rings. The summed E-state index contributed by atoms with van der Waals surface area (Å²) in [5.41, 5.74) is -0.962. The van der Waals surface area contributed by atoms with Gasteiger partial charge in [0.25, 0.3) is 5.56 Å². The minimum absolute atomic E-state index is 0.0460. The number of carbonyl (C=O) groups is 1. The van der Waals surface area contributed by atoms with Gasteiger partial charge >= 0.3 is 5.69 Å². The lowest BCUT2D eigenvalue weighted by Gasteiger charge is -2.14. The number of hydrogen-bond acceptors (Lipinski definition) is 4. The van der Waals surface area contributed by atoms with E-state index in [1.165, 1.54) is 0 Å². The molecule has 4 N–H and O–H groups in total. The quantitative estimate of drug-likeness (QED) is 0.525. The number of aliphatic hydroxyl groups is 1. The van der Waals surface area contributed by atoms with Crippen LogP contribution in [0.15, 0.2) is 15.7 Å². The number of aromatic amines is 2. The summed E-state index contributed by atoms with van der Waals surface area (Å²) in [6.45, 7) is 3.82. The fraction of sp³-hybridized carbons (Fsp3) is 0.545. The number of carbonyl (C=O) groups excluding carboxylic acids is 1. The molecule has 1 rings (SSSR count). The van der Waals surface area contributed by atoms with Gasteiger partial charge in [-0.25, -0.2) is 4.79 Å². The Hall–Kier alpha value is -1.89. The minimum atomic E-state index is -0.646. The van der Waals surface area contributed by atoms with Gasteiger partial charge in [0.15, 0.2) is 0 Å². The highest BCUT2D eigenvalue weighted by Gasteiger charge is 2.11. The van der Waals surface area contributed by atoms with Crippen LogP contribution in [0.3, 0.4) is 0 Å². The average Bonchev–Trinajstić information content (AvgIpc) is 2.24. The maximum atomic E-state index is 11.5. The normalized spacial score (nSPS) is 12.4. The molecule has 0 saturated carbocycles. The maximum Gasteiger partial charge on any atom is 0.325 e. The average molecular weight is 255 g/mol. The van der Waals surface area contributed by atoms with Crippen molar-refractivity contribution >= 4 is 5.91 Å². The molecule has 1 unspecified atom stereocenters. The van der Waals surface area contributed by atoms with Crippen molar-refractivity contribution in [1.82, 2.24) is 15.3 Å². The van der Waals surface area contributed by atoms with E-state index in [2.05, 4.69) is 10.3 Å². The minimum Gasteiger partial charge on any atom is -0.391 e. The Labute approximate surface area is 103 Å². The van der Waals surface area contributed by atoms with Crippen molar-refractivity contribution in [3.8, 4) is 0 Å². The molecule has 1 atom stereocenters. The third-order valence-corrected chi connectivity index (χ3v) is 2.45. The Morgan fingerprint density at radius 1 is 1.39 bits per heavy atom. The number of aromatic nitrogens is 2. The summed E-state index contributed by atoms with van der Waals surface area (Å²) in [6.07, 6.45) is -0.726. The third-order valence-electron chi connectivity index (χ3n) is 2.45. The Bertz CT molecular complexity index is 489. The molecule has 0 aliphatic heterocycles. The van der Waals surface area contributed by atoms with Gasteiger partial charge < -0.3 is 15.4 Å². The Balaban J connectivity index is 2.55. The standard InChI is InChI=1S/C11H17N3O4/c1-6(2)8(15)5-12-9(16)3-7-4-10(17)14-11(18)13-7/h4,6,8,15H,3,5H2,1-2H3,(H,12,16)(H2,13,14,17,18). The molecule has 0 aliphatic carbocycles. The number of H-pyrrole nitrogens is 2. The van der Waals surface area contributed by atoms with Gasteiger partial charge in [-0.2, -0.15) is 0 Å². The van der Waals surface area contributed by atoms with Gasteiger partial charge in [0.05, 0.1) is 12.5 Å². The fourth-order valence-electron chi connectivity index (χ4n) is 1.30. The predicted molar refractivity (Wildman–Crippen MR) is 65.2 cm³/mol. The Kier molecular flexibility index (Phi) is 4.85. The summed E-state index contributed by atoms with van der Waals surface area (Å²) in [5.74, 6) is -0.319. The lowest BCUT2D eigenvalue weighted by Crippen LogP contribution is -2.36. The zero-order chi connectivity index (χ0) is 13.7. The van der Waals surface area contributed by atoms with Crippen LogP contribution in [-0.4, -0.2) is 33.6 Å². The van der Waals surface area contributed by atoms with E-state index in [4.69, 9.17) is 0 Å². The number of rotatable bonds is 5. The first-order chi connectivity index (χ1) is 8.38. The molecule has 1 aromatic heterocycles. The summed E-state index contributed by atoms with van der Waals surface area (Å²) >= 11 is 0. The van der Waals surface area contributed by atoms with Crippen molar-refractivity contribution < 1.29 is 9.90 Å². The van der Waals surface area contributed by atoms with E-state index in [0.717, 1.165) is 6.07 Å². The van der Waals surface area contributed by atoms with Crippen LogP contribution in [0, 0.1) is 5.92 Å². The van der Waals surface area contributed by atoms with Gasteiger partial charge in [0.1, 0.15) is 0 Å². The van der Waals surface area contributed by atoms with Crippen LogP contribution in [0.2, 0.25) is 0 Å². The van der Waals surface area contributed by atoms with Gasteiger partial charge in [-0.1, -0.05) is 13.8 Å². The van der Waals surface area contributed by atoms with E-state index in [9.17, 15) is 19.5 Å². The van der Waals surface area contributed by atoms with Crippen molar-refractivity contribution in [2.24, 2.45) is 5.92 Å². The molecular weight excluding hydrogens is 238 g/mol. The third kappa shape index (κ3) is 4.54. The number of aliphatic hydroxyl groups excluding tert-OH is 1. The van der Waals surface area contributed by atoms with E-state index in [0.29, 0.717) is 0 Å². The molecule has 0 aromatic carbocycles.